The van der Waals surface area contributed by atoms with Crippen LogP contribution in [-0.2, 0) is 36.6 Å². The zero-order valence-corrected chi connectivity index (χ0v) is 22.3. The van der Waals surface area contributed by atoms with Crippen molar-refractivity contribution in [2.45, 2.75) is 24.4 Å². The SMILES string of the molecule is Cn1nc(CN(C(=O)c2ccccc2)c2ccccc2)c2c1CCN(S(=O)(=O)c1cccc3cccnc13)C2. The van der Waals surface area contributed by atoms with E-state index in [1.807, 2.05) is 72.4 Å². The second-order valence-corrected chi connectivity index (χ2v) is 11.4. The quantitative estimate of drug-likeness (QED) is 0.317. The van der Waals surface area contributed by atoms with Crippen LogP contribution in [0.25, 0.3) is 10.9 Å². The van der Waals surface area contributed by atoms with Gasteiger partial charge in [-0.15, -0.1) is 0 Å². The molecule has 1 aliphatic heterocycles. The minimum absolute atomic E-state index is 0.150. The molecule has 39 heavy (non-hydrogen) atoms. The van der Waals surface area contributed by atoms with Crippen LogP contribution in [0.2, 0.25) is 0 Å². The van der Waals surface area contributed by atoms with Crippen LogP contribution in [0.3, 0.4) is 0 Å². The summed E-state index contributed by atoms with van der Waals surface area (Å²) in [4.78, 5) is 19.9. The number of anilines is 1. The number of aromatic nitrogens is 3. The zero-order chi connectivity index (χ0) is 27.0. The Morgan fingerprint density at radius 2 is 1.64 bits per heavy atom. The molecule has 0 unspecified atom stereocenters. The van der Waals surface area contributed by atoms with Crippen LogP contribution in [0.5, 0.6) is 0 Å². The first-order valence-corrected chi connectivity index (χ1v) is 14.2. The van der Waals surface area contributed by atoms with Gasteiger partial charge >= 0.3 is 0 Å². The zero-order valence-electron chi connectivity index (χ0n) is 21.4. The Morgan fingerprint density at radius 1 is 0.923 bits per heavy atom. The summed E-state index contributed by atoms with van der Waals surface area (Å²) in [5, 5.41) is 5.54. The summed E-state index contributed by atoms with van der Waals surface area (Å²) in [5.74, 6) is -0.150. The summed E-state index contributed by atoms with van der Waals surface area (Å²) >= 11 is 0. The largest absolute Gasteiger partial charge is 0.302 e. The Kier molecular flexibility index (Phi) is 6.46. The molecule has 9 heteroatoms. The molecule has 0 radical (unpaired) electrons. The molecule has 0 bridgehead atoms. The van der Waals surface area contributed by atoms with Crippen molar-refractivity contribution >= 4 is 32.5 Å². The van der Waals surface area contributed by atoms with Gasteiger partial charge in [-0.2, -0.15) is 9.40 Å². The lowest BCUT2D eigenvalue weighted by Crippen LogP contribution is -2.37. The Labute approximate surface area is 227 Å². The molecule has 0 atom stereocenters. The van der Waals surface area contributed by atoms with Gasteiger partial charge in [0.2, 0.25) is 10.0 Å². The molecule has 0 fully saturated rings. The molecule has 196 valence electrons. The van der Waals surface area contributed by atoms with Gasteiger partial charge in [0.15, 0.2) is 0 Å². The van der Waals surface area contributed by atoms with Crippen molar-refractivity contribution in [3.05, 3.63) is 120 Å². The van der Waals surface area contributed by atoms with Crippen LogP contribution < -0.4 is 4.90 Å². The van der Waals surface area contributed by atoms with Crippen molar-refractivity contribution in [3.63, 3.8) is 0 Å². The topological polar surface area (TPSA) is 88.4 Å². The summed E-state index contributed by atoms with van der Waals surface area (Å²) < 4.78 is 31.0. The van der Waals surface area contributed by atoms with E-state index in [4.69, 9.17) is 5.10 Å². The first kappa shape index (κ1) is 25.0. The maximum atomic E-state index is 13.9. The molecule has 1 aliphatic rings. The predicted molar refractivity (Wildman–Crippen MR) is 150 cm³/mol. The number of benzene rings is 3. The number of sulfonamides is 1. The number of carbonyl (C=O) groups excluding carboxylic acids is 1. The number of pyridine rings is 1. The summed E-state index contributed by atoms with van der Waals surface area (Å²) in [7, 11) is -1.96. The highest BCUT2D eigenvalue weighted by atomic mass is 32.2. The van der Waals surface area contributed by atoms with Crippen LogP contribution in [0, 0.1) is 0 Å². The first-order chi connectivity index (χ1) is 18.9. The molecule has 0 saturated carbocycles. The number of carbonyl (C=O) groups is 1. The van der Waals surface area contributed by atoms with Gasteiger partial charge in [-0.25, -0.2) is 8.42 Å². The van der Waals surface area contributed by atoms with Crippen LogP contribution in [-0.4, -0.2) is 39.9 Å². The number of aryl methyl sites for hydroxylation is 1. The van der Waals surface area contributed by atoms with Crippen molar-refractivity contribution in [2.75, 3.05) is 11.4 Å². The van der Waals surface area contributed by atoms with E-state index in [1.54, 1.807) is 41.4 Å². The number of rotatable bonds is 6. The monoisotopic (exact) mass is 537 g/mol. The molecule has 0 aliphatic carbocycles. The van der Waals surface area contributed by atoms with Crippen molar-refractivity contribution in [1.29, 1.82) is 0 Å². The van der Waals surface area contributed by atoms with Crippen LogP contribution in [0.15, 0.2) is 102 Å². The number of nitrogens with zero attached hydrogens (tertiary/aromatic N) is 5. The van der Waals surface area contributed by atoms with Crippen molar-refractivity contribution < 1.29 is 13.2 Å². The van der Waals surface area contributed by atoms with E-state index in [0.29, 0.717) is 29.7 Å². The molecule has 0 saturated heterocycles. The maximum Gasteiger partial charge on any atom is 0.258 e. The molecular formula is C30H27N5O3S. The van der Waals surface area contributed by atoms with Gasteiger partial charge in [0.05, 0.1) is 17.8 Å². The molecule has 0 spiro atoms. The fraction of sp³-hybridized carbons (Fsp3) is 0.167. The predicted octanol–water partition coefficient (Wildman–Crippen LogP) is 4.56. The summed E-state index contributed by atoms with van der Waals surface area (Å²) in [6.45, 7) is 0.722. The lowest BCUT2D eigenvalue weighted by Gasteiger charge is -2.28. The number of fused-ring (bicyclic) bond motifs is 2. The third-order valence-electron chi connectivity index (χ3n) is 7.15. The molecule has 2 aromatic heterocycles. The Morgan fingerprint density at radius 3 is 2.41 bits per heavy atom. The van der Waals surface area contributed by atoms with Gasteiger partial charge in [-0.05, 0) is 36.4 Å². The molecular weight excluding hydrogens is 510 g/mol. The Bertz CT molecular complexity index is 1760. The van der Waals surface area contributed by atoms with Crippen molar-refractivity contribution in [3.8, 4) is 0 Å². The van der Waals surface area contributed by atoms with E-state index in [2.05, 4.69) is 4.98 Å². The van der Waals surface area contributed by atoms with Gasteiger partial charge in [0.1, 0.15) is 4.90 Å². The molecule has 3 heterocycles. The number of hydrogen-bond acceptors (Lipinski definition) is 5. The maximum absolute atomic E-state index is 13.9. The first-order valence-electron chi connectivity index (χ1n) is 12.7. The van der Waals surface area contributed by atoms with Crippen LogP contribution in [0.1, 0.15) is 27.3 Å². The second kappa shape index (κ2) is 10.1. The fourth-order valence-electron chi connectivity index (χ4n) is 5.18. The van der Waals surface area contributed by atoms with E-state index >= 15 is 0 Å². The van der Waals surface area contributed by atoms with E-state index in [-0.39, 0.29) is 23.9 Å². The molecule has 3 aromatic carbocycles. The van der Waals surface area contributed by atoms with Gasteiger partial charge in [-0.3, -0.25) is 14.5 Å². The van der Waals surface area contributed by atoms with Gasteiger partial charge in [0, 0.05) is 60.6 Å². The molecule has 8 nitrogen and oxygen atoms in total. The lowest BCUT2D eigenvalue weighted by atomic mass is 10.1. The minimum atomic E-state index is -3.83. The number of hydrogen-bond donors (Lipinski definition) is 0. The van der Waals surface area contributed by atoms with Gasteiger partial charge < -0.3 is 4.90 Å². The standard InChI is InChI=1S/C30H27N5O3S/c1-33-27-17-19-34(39(37,38)28-16-8-12-22-13-9-18-31-29(22)28)20-25(27)26(32-33)21-35(24-14-6-3-7-15-24)30(36)23-10-4-2-5-11-23/h2-16,18H,17,19-21H2,1H3. The van der Waals surface area contributed by atoms with E-state index in [1.165, 1.54) is 4.31 Å². The third-order valence-corrected chi connectivity index (χ3v) is 9.02. The summed E-state index contributed by atoms with van der Waals surface area (Å²) in [6, 6.07) is 27.5. The van der Waals surface area contributed by atoms with E-state index in [9.17, 15) is 13.2 Å². The minimum Gasteiger partial charge on any atom is -0.302 e. The molecule has 5 aromatic rings. The molecule has 0 N–H and O–H groups in total. The highest BCUT2D eigenvalue weighted by Crippen LogP contribution is 2.31. The smallest absolute Gasteiger partial charge is 0.258 e. The summed E-state index contributed by atoms with van der Waals surface area (Å²) in [5.41, 5.74) is 4.26. The Balaban J connectivity index is 1.36. The average molecular weight is 538 g/mol. The van der Waals surface area contributed by atoms with Crippen molar-refractivity contribution in [1.82, 2.24) is 19.1 Å². The lowest BCUT2D eigenvalue weighted by molar-refractivity contribution is 0.0984. The van der Waals surface area contributed by atoms with Crippen LogP contribution >= 0.6 is 0 Å². The van der Waals surface area contributed by atoms with E-state index < -0.39 is 10.0 Å². The summed E-state index contributed by atoms with van der Waals surface area (Å²) in [6.07, 6.45) is 2.13. The third kappa shape index (κ3) is 4.60. The average Bonchev–Trinajstić information content (AvgIpc) is 3.30. The van der Waals surface area contributed by atoms with Gasteiger partial charge in [-0.1, -0.05) is 54.6 Å². The molecule has 6 rings (SSSR count). The van der Waals surface area contributed by atoms with Gasteiger partial charge in [0.25, 0.3) is 5.91 Å². The van der Waals surface area contributed by atoms with Crippen LogP contribution in [0.4, 0.5) is 5.69 Å². The number of amides is 1. The Hall–Kier alpha value is -4.34. The highest BCUT2D eigenvalue weighted by Gasteiger charge is 2.34. The fourth-order valence-corrected chi connectivity index (χ4v) is 6.75. The molecule has 1 amide bonds. The van der Waals surface area contributed by atoms with E-state index in [0.717, 1.165) is 22.3 Å². The second-order valence-electron chi connectivity index (χ2n) is 9.51. The normalized spacial score (nSPS) is 13.8. The number of para-hydroxylation sites is 2. The highest BCUT2D eigenvalue weighted by molar-refractivity contribution is 7.89. The van der Waals surface area contributed by atoms with Crippen molar-refractivity contribution in [2.24, 2.45) is 7.05 Å².